The Hall–Kier alpha value is -0.820. The van der Waals surface area contributed by atoms with Gasteiger partial charge in [0.05, 0.1) is 0 Å². The van der Waals surface area contributed by atoms with Gasteiger partial charge in [0.1, 0.15) is 0 Å². The van der Waals surface area contributed by atoms with Crippen LogP contribution in [0.1, 0.15) is 37.3 Å². The van der Waals surface area contributed by atoms with E-state index < -0.39 is 0 Å². The minimum Gasteiger partial charge on any atom is -0.396 e. The van der Waals surface area contributed by atoms with Crippen molar-refractivity contribution in [2.75, 3.05) is 6.61 Å². The lowest BCUT2D eigenvalue weighted by atomic mass is 9.84. The van der Waals surface area contributed by atoms with E-state index in [9.17, 15) is 0 Å². The van der Waals surface area contributed by atoms with E-state index in [0.717, 1.165) is 6.42 Å². The van der Waals surface area contributed by atoms with Crippen LogP contribution in [0.2, 0.25) is 0 Å². The van der Waals surface area contributed by atoms with Crippen molar-refractivity contribution >= 4 is 0 Å². The molecule has 0 saturated heterocycles. The largest absolute Gasteiger partial charge is 0.396 e. The van der Waals surface area contributed by atoms with Crippen LogP contribution in [0, 0.1) is 12.8 Å². The molecule has 0 aliphatic rings. The van der Waals surface area contributed by atoms with E-state index in [-0.39, 0.29) is 6.61 Å². The highest BCUT2D eigenvalue weighted by atomic mass is 16.3. The maximum absolute atomic E-state index is 9.04. The van der Waals surface area contributed by atoms with Crippen LogP contribution >= 0.6 is 0 Å². The standard InChI is InChI=1S/C13H20O/c1-10(2)12(8-9-14)13-7-5-4-6-11(13)3/h4-7,10,12,14H,8-9H2,1-3H3. The first-order valence-corrected chi connectivity index (χ1v) is 5.33. The van der Waals surface area contributed by atoms with E-state index >= 15 is 0 Å². The van der Waals surface area contributed by atoms with E-state index in [1.54, 1.807) is 0 Å². The molecular weight excluding hydrogens is 172 g/mol. The summed E-state index contributed by atoms with van der Waals surface area (Å²) in [5.41, 5.74) is 2.72. The molecule has 0 amide bonds. The molecule has 0 spiro atoms. The van der Waals surface area contributed by atoms with Gasteiger partial charge in [0, 0.05) is 6.61 Å². The number of benzene rings is 1. The average molecular weight is 192 g/mol. The summed E-state index contributed by atoms with van der Waals surface area (Å²) in [5, 5.41) is 9.04. The smallest absolute Gasteiger partial charge is 0.0436 e. The van der Waals surface area contributed by atoms with E-state index in [0.29, 0.717) is 11.8 Å². The van der Waals surface area contributed by atoms with Gasteiger partial charge in [-0.05, 0) is 36.3 Å². The number of aliphatic hydroxyl groups excluding tert-OH is 1. The van der Waals surface area contributed by atoms with Gasteiger partial charge in [0.2, 0.25) is 0 Å². The van der Waals surface area contributed by atoms with Crippen molar-refractivity contribution in [2.24, 2.45) is 5.92 Å². The average Bonchev–Trinajstić information content (AvgIpc) is 2.15. The van der Waals surface area contributed by atoms with Crippen LogP contribution in [0.4, 0.5) is 0 Å². The van der Waals surface area contributed by atoms with Gasteiger partial charge < -0.3 is 5.11 Å². The van der Waals surface area contributed by atoms with Crippen LogP contribution in [-0.2, 0) is 0 Å². The predicted molar refractivity (Wildman–Crippen MR) is 60.5 cm³/mol. The van der Waals surface area contributed by atoms with Crippen LogP contribution in [-0.4, -0.2) is 11.7 Å². The van der Waals surface area contributed by atoms with E-state index in [2.05, 4.69) is 45.0 Å². The Balaban J connectivity index is 2.93. The molecule has 14 heavy (non-hydrogen) atoms. The fourth-order valence-electron chi connectivity index (χ4n) is 1.99. The van der Waals surface area contributed by atoms with Crippen LogP contribution in [0.15, 0.2) is 24.3 Å². The quantitative estimate of drug-likeness (QED) is 0.777. The highest BCUT2D eigenvalue weighted by Gasteiger charge is 2.16. The third kappa shape index (κ3) is 2.58. The second-order valence-electron chi connectivity index (χ2n) is 4.22. The molecule has 0 heterocycles. The summed E-state index contributed by atoms with van der Waals surface area (Å²) in [7, 11) is 0. The minimum absolute atomic E-state index is 0.275. The Bertz CT molecular complexity index is 278. The zero-order chi connectivity index (χ0) is 10.6. The molecule has 0 aliphatic heterocycles. The number of hydrogen-bond acceptors (Lipinski definition) is 1. The van der Waals surface area contributed by atoms with Gasteiger partial charge in [0.25, 0.3) is 0 Å². The lowest BCUT2D eigenvalue weighted by molar-refractivity contribution is 0.261. The van der Waals surface area contributed by atoms with Crippen molar-refractivity contribution in [1.29, 1.82) is 0 Å². The van der Waals surface area contributed by atoms with Gasteiger partial charge in [0.15, 0.2) is 0 Å². The Labute approximate surface area is 86.8 Å². The zero-order valence-corrected chi connectivity index (χ0v) is 9.33. The van der Waals surface area contributed by atoms with Crippen LogP contribution in [0.25, 0.3) is 0 Å². The van der Waals surface area contributed by atoms with Crippen molar-refractivity contribution in [3.63, 3.8) is 0 Å². The first-order valence-electron chi connectivity index (χ1n) is 5.33. The van der Waals surface area contributed by atoms with Crippen molar-refractivity contribution in [3.8, 4) is 0 Å². The molecule has 1 aromatic carbocycles. The van der Waals surface area contributed by atoms with Crippen molar-refractivity contribution in [1.82, 2.24) is 0 Å². The molecule has 1 N–H and O–H groups in total. The molecule has 1 nitrogen and oxygen atoms in total. The molecule has 0 saturated carbocycles. The molecule has 0 fully saturated rings. The first kappa shape index (κ1) is 11.3. The second kappa shape index (κ2) is 5.16. The Morgan fingerprint density at radius 1 is 1.21 bits per heavy atom. The number of aliphatic hydroxyl groups is 1. The van der Waals surface area contributed by atoms with Gasteiger partial charge in [-0.2, -0.15) is 0 Å². The molecular formula is C13H20O. The highest BCUT2D eigenvalue weighted by molar-refractivity contribution is 5.29. The van der Waals surface area contributed by atoms with Crippen molar-refractivity contribution < 1.29 is 5.11 Å². The van der Waals surface area contributed by atoms with Crippen LogP contribution in [0.5, 0.6) is 0 Å². The maximum atomic E-state index is 9.04. The molecule has 0 aromatic heterocycles. The van der Waals surface area contributed by atoms with Gasteiger partial charge in [-0.1, -0.05) is 38.1 Å². The Morgan fingerprint density at radius 2 is 1.86 bits per heavy atom. The fraction of sp³-hybridized carbons (Fsp3) is 0.538. The van der Waals surface area contributed by atoms with Crippen molar-refractivity contribution in [2.45, 2.75) is 33.1 Å². The van der Waals surface area contributed by atoms with Gasteiger partial charge in [-0.25, -0.2) is 0 Å². The summed E-state index contributed by atoms with van der Waals surface area (Å²) >= 11 is 0. The van der Waals surface area contributed by atoms with E-state index in [1.807, 2.05) is 0 Å². The fourth-order valence-corrected chi connectivity index (χ4v) is 1.99. The lowest BCUT2D eigenvalue weighted by Gasteiger charge is -2.22. The lowest BCUT2D eigenvalue weighted by Crippen LogP contribution is -2.10. The van der Waals surface area contributed by atoms with Crippen LogP contribution < -0.4 is 0 Å². The van der Waals surface area contributed by atoms with Crippen molar-refractivity contribution in [3.05, 3.63) is 35.4 Å². The number of hydrogen-bond donors (Lipinski definition) is 1. The molecule has 1 aromatic rings. The van der Waals surface area contributed by atoms with Gasteiger partial charge >= 0.3 is 0 Å². The second-order valence-corrected chi connectivity index (χ2v) is 4.22. The van der Waals surface area contributed by atoms with Gasteiger partial charge in [-0.15, -0.1) is 0 Å². The summed E-state index contributed by atoms with van der Waals surface area (Å²) in [6.45, 7) is 6.85. The highest BCUT2D eigenvalue weighted by Crippen LogP contribution is 2.29. The molecule has 1 rings (SSSR count). The molecule has 1 atom stereocenters. The summed E-state index contributed by atoms with van der Waals surface area (Å²) in [6.07, 6.45) is 0.864. The maximum Gasteiger partial charge on any atom is 0.0436 e. The molecule has 1 unspecified atom stereocenters. The monoisotopic (exact) mass is 192 g/mol. The summed E-state index contributed by atoms with van der Waals surface area (Å²) < 4.78 is 0. The first-order chi connectivity index (χ1) is 6.66. The molecule has 0 radical (unpaired) electrons. The number of aryl methyl sites for hydroxylation is 1. The van der Waals surface area contributed by atoms with Gasteiger partial charge in [-0.3, -0.25) is 0 Å². The predicted octanol–water partition coefficient (Wildman–Crippen LogP) is 3.12. The third-order valence-corrected chi connectivity index (χ3v) is 2.83. The minimum atomic E-state index is 0.275. The molecule has 0 bridgehead atoms. The Kier molecular flexibility index (Phi) is 4.15. The summed E-state index contributed by atoms with van der Waals surface area (Å²) in [5.74, 6) is 1.07. The summed E-state index contributed by atoms with van der Waals surface area (Å²) in [6, 6.07) is 8.46. The zero-order valence-electron chi connectivity index (χ0n) is 9.33. The molecule has 78 valence electrons. The number of rotatable bonds is 4. The van der Waals surface area contributed by atoms with E-state index in [4.69, 9.17) is 5.11 Å². The third-order valence-electron chi connectivity index (χ3n) is 2.83. The molecule has 1 heteroatoms. The normalized spacial score (nSPS) is 13.2. The topological polar surface area (TPSA) is 20.2 Å². The SMILES string of the molecule is Cc1ccccc1C(CCO)C(C)C. The molecule has 0 aliphatic carbocycles. The Morgan fingerprint density at radius 3 is 2.36 bits per heavy atom. The van der Waals surface area contributed by atoms with Crippen LogP contribution in [0.3, 0.4) is 0 Å². The van der Waals surface area contributed by atoms with E-state index in [1.165, 1.54) is 11.1 Å². The summed E-state index contributed by atoms with van der Waals surface area (Å²) in [4.78, 5) is 0.